The summed E-state index contributed by atoms with van der Waals surface area (Å²) in [5.41, 5.74) is 2.94. The summed E-state index contributed by atoms with van der Waals surface area (Å²) in [5.74, 6) is 1.89. The molecule has 0 aromatic heterocycles. The standard InChI is InChI=1S/C19H24O2/c1-18-9-7-13(20)11-12(18)3-4-14-15-5-6-17(21)19(15,2)10-8-16(14)18/h3-4,15-16H,5-11H2,1-2H3/t15-,16-,18-,19-/m0/s1. The van der Waals surface area contributed by atoms with E-state index in [2.05, 4.69) is 26.0 Å². The molecule has 21 heavy (non-hydrogen) atoms. The highest BCUT2D eigenvalue weighted by molar-refractivity contribution is 5.88. The Morgan fingerprint density at radius 1 is 0.952 bits per heavy atom. The number of allylic oxidation sites excluding steroid dienone is 4. The normalized spacial score (nSPS) is 45.4. The maximum atomic E-state index is 12.3. The second kappa shape index (κ2) is 4.18. The van der Waals surface area contributed by atoms with Gasteiger partial charge in [-0.15, -0.1) is 0 Å². The Hall–Kier alpha value is -1.18. The predicted octanol–water partition coefficient (Wildman–Crippen LogP) is 4.01. The predicted molar refractivity (Wildman–Crippen MR) is 81.7 cm³/mol. The lowest BCUT2D eigenvalue weighted by molar-refractivity contribution is -0.127. The zero-order valence-corrected chi connectivity index (χ0v) is 13.1. The molecule has 0 aliphatic heterocycles. The van der Waals surface area contributed by atoms with Gasteiger partial charge < -0.3 is 0 Å². The van der Waals surface area contributed by atoms with E-state index < -0.39 is 0 Å². The third kappa shape index (κ3) is 1.65. The molecule has 112 valence electrons. The Kier molecular flexibility index (Phi) is 2.68. The van der Waals surface area contributed by atoms with E-state index in [4.69, 9.17) is 0 Å². The van der Waals surface area contributed by atoms with Gasteiger partial charge in [0.15, 0.2) is 0 Å². The van der Waals surface area contributed by atoms with Crippen LogP contribution in [-0.4, -0.2) is 11.6 Å². The van der Waals surface area contributed by atoms with Gasteiger partial charge >= 0.3 is 0 Å². The molecule has 0 amide bonds. The van der Waals surface area contributed by atoms with Crippen LogP contribution in [0, 0.1) is 22.7 Å². The molecule has 0 unspecified atom stereocenters. The van der Waals surface area contributed by atoms with Crippen molar-refractivity contribution in [3.8, 4) is 0 Å². The van der Waals surface area contributed by atoms with E-state index in [0.29, 0.717) is 29.8 Å². The summed E-state index contributed by atoms with van der Waals surface area (Å²) in [6, 6.07) is 0. The van der Waals surface area contributed by atoms with Crippen molar-refractivity contribution in [3.63, 3.8) is 0 Å². The number of hydrogen-bond acceptors (Lipinski definition) is 2. The average Bonchev–Trinajstić information content (AvgIpc) is 2.76. The van der Waals surface area contributed by atoms with Gasteiger partial charge in [0.05, 0.1) is 0 Å². The Labute approximate surface area is 126 Å². The molecule has 0 bridgehead atoms. The van der Waals surface area contributed by atoms with Crippen molar-refractivity contribution in [3.05, 3.63) is 23.3 Å². The van der Waals surface area contributed by atoms with Gasteiger partial charge in [0.25, 0.3) is 0 Å². The molecule has 0 N–H and O–H groups in total. The zero-order valence-electron chi connectivity index (χ0n) is 13.1. The van der Waals surface area contributed by atoms with Gasteiger partial charge in [0, 0.05) is 24.7 Å². The summed E-state index contributed by atoms with van der Waals surface area (Å²) >= 11 is 0. The number of carbonyl (C=O) groups is 2. The quantitative estimate of drug-likeness (QED) is 0.673. The first-order chi connectivity index (χ1) is 9.95. The fourth-order valence-electron chi connectivity index (χ4n) is 5.60. The van der Waals surface area contributed by atoms with Crippen molar-refractivity contribution in [2.24, 2.45) is 22.7 Å². The third-order valence-electron chi connectivity index (χ3n) is 7.11. The third-order valence-corrected chi connectivity index (χ3v) is 7.11. The van der Waals surface area contributed by atoms with Crippen LogP contribution in [-0.2, 0) is 9.59 Å². The smallest absolute Gasteiger partial charge is 0.139 e. The van der Waals surface area contributed by atoms with Gasteiger partial charge in [-0.05, 0) is 42.9 Å². The van der Waals surface area contributed by atoms with E-state index in [9.17, 15) is 9.59 Å². The highest BCUT2D eigenvalue weighted by Gasteiger charge is 2.56. The van der Waals surface area contributed by atoms with E-state index in [1.165, 1.54) is 11.1 Å². The molecule has 0 radical (unpaired) electrons. The SMILES string of the molecule is C[C@]12CCC(=O)CC1=CC=C1[C@@H]2CC[C@]2(C)C(=O)CC[C@@H]12. The second-order valence-corrected chi connectivity index (χ2v) is 8.01. The highest BCUT2D eigenvalue weighted by Crippen LogP contribution is 2.62. The Balaban J connectivity index is 1.77. The van der Waals surface area contributed by atoms with Crippen LogP contribution >= 0.6 is 0 Å². The average molecular weight is 284 g/mol. The molecule has 0 aromatic rings. The monoisotopic (exact) mass is 284 g/mol. The fraction of sp³-hybridized carbons (Fsp3) is 0.684. The van der Waals surface area contributed by atoms with Crippen LogP contribution in [0.5, 0.6) is 0 Å². The van der Waals surface area contributed by atoms with Crippen molar-refractivity contribution in [1.82, 2.24) is 0 Å². The molecule has 3 fully saturated rings. The second-order valence-electron chi connectivity index (χ2n) is 8.01. The van der Waals surface area contributed by atoms with E-state index >= 15 is 0 Å². The minimum absolute atomic E-state index is 0.103. The van der Waals surface area contributed by atoms with Crippen molar-refractivity contribution in [2.45, 2.75) is 58.8 Å². The number of fused-ring (bicyclic) bond motifs is 5. The van der Waals surface area contributed by atoms with Crippen molar-refractivity contribution in [1.29, 1.82) is 0 Å². The maximum absolute atomic E-state index is 12.3. The minimum Gasteiger partial charge on any atom is -0.299 e. The summed E-state index contributed by atoms with van der Waals surface area (Å²) < 4.78 is 0. The molecule has 4 aliphatic rings. The molecule has 0 aromatic carbocycles. The van der Waals surface area contributed by atoms with Gasteiger partial charge in [-0.3, -0.25) is 9.59 Å². The molecule has 0 saturated heterocycles. The lowest BCUT2D eigenvalue weighted by Gasteiger charge is -2.52. The molecule has 0 heterocycles. The van der Waals surface area contributed by atoms with Crippen molar-refractivity contribution >= 4 is 11.6 Å². The Morgan fingerprint density at radius 2 is 1.71 bits per heavy atom. The first-order valence-corrected chi connectivity index (χ1v) is 8.41. The molecule has 4 atom stereocenters. The van der Waals surface area contributed by atoms with Crippen LogP contribution in [0.25, 0.3) is 0 Å². The van der Waals surface area contributed by atoms with Gasteiger partial charge in [-0.1, -0.05) is 37.1 Å². The highest BCUT2D eigenvalue weighted by atomic mass is 16.1. The summed E-state index contributed by atoms with van der Waals surface area (Å²) in [5, 5.41) is 0. The topological polar surface area (TPSA) is 34.1 Å². The van der Waals surface area contributed by atoms with Gasteiger partial charge in [-0.2, -0.15) is 0 Å². The van der Waals surface area contributed by atoms with Crippen LogP contribution in [0.3, 0.4) is 0 Å². The Morgan fingerprint density at radius 3 is 2.52 bits per heavy atom. The number of ketones is 2. The van der Waals surface area contributed by atoms with Crippen molar-refractivity contribution < 1.29 is 9.59 Å². The van der Waals surface area contributed by atoms with Crippen LogP contribution in [0.4, 0.5) is 0 Å². The maximum Gasteiger partial charge on any atom is 0.139 e. The molecule has 0 spiro atoms. The summed E-state index contributed by atoms with van der Waals surface area (Å²) in [6.45, 7) is 4.55. The van der Waals surface area contributed by atoms with E-state index in [0.717, 1.165) is 38.5 Å². The van der Waals surface area contributed by atoms with E-state index in [1.54, 1.807) is 0 Å². The molecular weight excluding hydrogens is 260 g/mol. The van der Waals surface area contributed by atoms with E-state index in [-0.39, 0.29) is 10.8 Å². The summed E-state index contributed by atoms with van der Waals surface area (Å²) in [7, 11) is 0. The number of hydrogen-bond donors (Lipinski definition) is 0. The molecular formula is C19H24O2. The van der Waals surface area contributed by atoms with Gasteiger partial charge in [0.1, 0.15) is 11.6 Å². The van der Waals surface area contributed by atoms with Crippen LogP contribution in [0.15, 0.2) is 23.3 Å². The lowest BCUT2D eigenvalue weighted by Crippen LogP contribution is -2.45. The van der Waals surface area contributed by atoms with E-state index in [1.807, 2.05) is 0 Å². The summed E-state index contributed by atoms with van der Waals surface area (Å²) in [6.07, 6.45) is 10.8. The van der Waals surface area contributed by atoms with Crippen molar-refractivity contribution in [2.75, 3.05) is 0 Å². The zero-order chi connectivity index (χ0) is 14.8. The number of rotatable bonds is 0. The fourth-order valence-corrected chi connectivity index (χ4v) is 5.60. The van der Waals surface area contributed by atoms with Crippen LogP contribution < -0.4 is 0 Å². The minimum atomic E-state index is -0.103. The van der Waals surface area contributed by atoms with Crippen LogP contribution in [0.1, 0.15) is 58.8 Å². The Bertz CT molecular complexity index is 597. The largest absolute Gasteiger partial charge is 0.299 e. The molecule has 3 saturated carbocycles. The van der Waals surface area contributed by atoms with Gasteiger partial charge in [0.2, 0.25) is 0 Å². The van der Waals surface area contributed by atoms with Crippen LogP contribution in [0.2, 0.25) is 0 Å². The molecule has 4 aliphatic carbocycles. The summed E-state index contributed by atoms with van der Waals surface area (Å²) in [4.78, 5) is 24.1. The molecule has 2 nitrogen and oxygen atoms in total. The van der Waals surface area contributed by atoms with Gasteiger partial charge in [-0.25, -0.2) is 0 Å². The molecule has 4 rings (SSSR count). The number of Topliss-reactive ketones (excluding diaryl/α,β-unsaturated/α-hetero) is 2. The first-order valence-electron chi connectivity index (χ1n) is 8.41. The first kappa shape index (κ1) is 13.5. The molecule has 2 heteroatoms. The lowest BCUT2D eigenvalue weighted by atomic mass is 9.51. The number of carbonyl (C=O) groups excluding carboxylic acids is 2.